The number of hydrogen-bond acceptors (Lipinski definition) is 3. The summed E-state index contributed by atoms with van der Waals surface area (Å²) in [4.78, 5) is 11.0. The number of carbonyl (C=O) groups excluding carboxylic acids is 1. The molecular formula is C10H12BrClFNO2. The van der Waals surface area contributed by atoms with Gasteiger partial charge in [-0.15, -0.1) is 12.4 Å². The SMILES string of the molecule is COC(=O)C[C@@H](N)c1cccc(Br)c1F.Cl. The average Bonchev–Trinajstić information content (AvgIpc) is 2.21. The van der Waals surface area contributed by atoms with Crippen LogP contribution in [0.1, 0.15) is 18.0 Å². The molecule has 1 atom stereocenters. The summed E-state index contributed by atoms with van der Waals surface area (Å²) in [6, 6.07) is 4.10. The van der Waals surface area contributed by atoms with Crippen molar-refractivity contribution in [1.82, 2.24) is 0 Å². The Morgan fingerprint density at radius 2 is 2.25 bits per heavy atom. The number of benzene rings is 1. The minimum atomic E-state index is -0.685. The molecule has 0 aliphatic rings. The van der Waals surface area contributed by atoms with Crippen LogP contribution in [0.15, 0.2) is 22.7 Å². The molecule has 90 valence electrons. The number of methoxy groups -OCH3 is 1. The fourth-order valence-corrected chi connectivity index (χ4v) is 1.56. The Bertz CT molecular complexity index is 376. The highest BCUT2D eigenvalue weighted by atomic mass is 79.9. The fraction of sp³-hybridized carbons (Fsp3) is 0.300. The molecule has 0 saturated carbocycles. The van der Waals surface area contributed by atoms with E-state index in [0.29, 0.717) is 10.0 Å². The molecule has 1 aromatic carbocycles. The zero-order valence-electron chi connectivity index (χ0n) is 8.57. The molecule has 3 nitrogen and oxygen atoms in total. The molecule has 1 aromatic rings. The van der Waals surface area contributed by atoms with Crippen LogP contribution < -0.4 is 5.73 Å². The smallest absolute Gasteiger partial charge is 0.307 e. The molecule has 16 heavy (non-hydrogen) atoms. The van der Waals surface area contributed by atoms with Gasteiger partial charge in [0.25, 0.3) is 0 Å². The Balaban J connectivity index is 0.00000225. The first-order chi connectivity index (χ1) is 7.06. The summed E-state index contributed by atoms with van der Waals surface area (Å²) in [6.45, 7) is 0. The predicted octanol–water partition coefficient (Wildman–Crippen LogP) is 2.57. The third kappa shape index (κ3) is 3.73. The first-order valence-electron chi connectivity index (χ1n) is 4.32. The van der Waals surface area contributed by atoms with Gasteiger partial charge in [-0.2, -0.15) is 0 Å². The average molecular weight is 313 g/mol. The van der Waals surface area contributed by atoms with Gasteiger partial charge >= 0.3 is 5.97 Å². The van der Waals surface area contributed by atoms with Gasteiger partial charge in [0.1, 0.15) is 5.82 Å². The highest BCUT2D eigenvalue weighted by Gasteiger charge is 2.16. The van der Waals surface area contributed by atoms with Crippen LogP contribution >= 0.6 is 28.3 Å². The van der Waals surface area contributed by atoms with Gasteiger partial charge in [-0.3, -0.25) is 4.79 Å². The zero-order valence-corrected chi connectivity index (χ0v) is 11.0. The van der Waals surface area contributed by atoms with Crippen molar-refractivity contribution in [2.75, 3.05) is 7.11 Å². The molecule has 0 radical (unpaired) electrons. The molecule has 6 heteroatoms. The summed E-state index contributed by atoms with van der Waals surface area (Å²) >= 11 is 3.05. The summed E-state index contributed by atoms with van der Waals surface area (Å²) in [7, 11) is 1.27. The fourth-order valence-electron chi connectivity index (χ4n) is 1.18. The van der Waals surface area contributed by atoms with E-state index >= 15 is 0 Å². The topological polar surface area (TPSA) is 52.3 Å². The van der Waals surface area contributed by atoms with Crippen molar-refractivity contribution >= 4 is 34.3 Å². The number of esters is 1. The Morgan fingerprint density at radius 1 is 1.62 bits per heavy atom. The maximum Gasteiger partial charge on any atom is 0.307 e. The van der Waals surface area contributed by atoms with Crippen molar-refractivity contribution < 1.29 is 13.9 Å². The molecule has 0 bridgehead atoms. The summed E-state index contributed by atoms with van der Waals surface area (Å²) in [6.07, 6.45) is -0.0378. The molecule has 1 rings (SSSR count). The third-order valence-corrected chi connectivity index (χ3v) is 2.61. The van der Waals surface area contributed by atoms with Gasteiger partial charge in [0, 0.05) is 11.6 Å². The van der Waals surface area contributed by atoms with Crippen molar-refractivity contribution in [2.45, 2.75) is 12.5 Å². The van der Waals surface area contributed by atoms with Gasteiger partial charge < -0.3 is 10.5 Å². The molecular weight excluding hydrogens is 300 g/mol. The first kappa shape index (κ1) is 15.3. The first-order valence-corrected chi connectivity index (χ1v) is 5.12. The molecule has 0 fully saturated rings. The van der Waals surface area contributed by atoms with Crippen LogP contribution in [0.4, 0.5) is 4.39 Å². The molecule has 0 heterocycles. The second kappa shape index (κ2) is 6.83. The van der Waals surface area contributed by atoms with Crippen molar-refractivity contribution in [3.8, 4) is 0 Å². The maximum absolute atomic E-state index is 13.5. The monoisotopic (exact) mass is 311 g/mol. The van der Waals surface area contributed by atoms with E-state index in [4.69, 9.17) is 5.73 Å². The minimum Gasteiger partial charge on any atom is -0.469 e. The number of halogens is 3. The van der Waals surface area contributed by atoms with Gasteiger partial charge in [0.05, 0.1) is 18.0 Å². The predicted molar refractivity (Wildman–Crippen MR) is 64.9 cm³/mol. The lowest BCUT2D eigenvalue weighted by Crippen LogP contribution is -2.17. The van der Waals surface area contributed by atoms with E-state index in [1.165, 1.54) is 7.11 Å². The van der Waals surface area contributed by atoms with E-state index in [9.17, 15) is 9.18 Å². The minimum absolute atomic E-state index is 0. The molecule has 0 aliphatic heterocycles. The van der Waals surface area contributed by atoms with Crippen LogP contribution in [0.2, 0.25) is 0 Å². The van der Waals surface area contributed by atoms with E-state index in [1.54, 1.807) is 18.2 Å². The van der Waals surface area contributed by atoms with E-state index in [-0.39, 0.29) is 18.8 Å². The van der Waals surface area contributed by atoms with Crippen LogP contribution in [0.5, 0.6) is 0 Å². The van der Waals surface area contributed by atoms with E-state index in [0.717, 1.165) is 0 Å². The van der Waals surface area contributed by atoms with Crippen LogP contribution in [0.25, 0.3) is 0 Å². The van der Waals surface area contributed by atoms with E-state index in [1.807, 2.05) is 0 Å². The van der Waals surface area contributed by atoms with E-state index in [2.05, 4.69) is 20.7 Å². The Labute approximate surface area is 108 Å². The number of nitrogens with two attached hydrogens (primary N) is 1. The van der Waals surface area contributed by atoms with Crippen LogP contribution in [-0.2, 0) is 9.53 Å². The van der Waals surface area contributed by atoms with Crippen LogP contribution in [0.3, 0.4) is 0 Å². The molecule has 0 amide bonds. The zero-order chi connectivity index (χ0) is 11.4. The lowest BCUT2D eigenvalue weighted by molar-refractivity contribution is -0.141. The summed E-state index contributed by atoms with van der Waals surface area (Å²) in [5.74, 6) is -0.893. The quantitative estimate of drug-likeness (QED) is 0.873. The number of hydrogen-bond donors (Lipinski definition) is 1. The molecule has 0 aliphatic carbocycles. The van der Waals surface area contributed by atoms with Gasteiger partial charge in [0.15, 0.2) is 0 Å². The van der Waals surface area contributed by atoms with Gasteiger partial charge in [-0.25, -0.2) is 4.39 Å². The van der Waals surface area contributed by atoms with E-state index < -0.39 is 17.8 Å². The van der Waals surface area contributed by atoms with Gasteiger partial charge in [-0.1, -0.05) is 12.1 Å². The normalized spacial score (nSPS) is 11.5. The van der Waals surface area contributed by atoms with Crippen molar-refractivity contribution in [1.29, 1.82) is 0 Å². The highest BCUT2D eigenvalue weighted by Crippen LogP contribution is 2.24. The highest BCUT2D eigenvalue weighted by molar-refractivity contribution is 9.10. The molecule has 0 spiro atoms. The molecule has 0 aromatic heterocycles. The Morgan fingerprint density at radius 3 is 2.81 bits per heavy atom. The largest absolute Gasteiger partial charge is 0.469 e. The molecule has 0 saturated heterocycles. The summed E-state index contributed by atoms with van der Waals surface area (Å²) in [5, 5.41) is 0. The molecule has 0 unspecified atom stereocenters. The standard InChI is InChI=1S/C10H11BrFNO2.ClH/c1-15-9(14)5-8(13)6-3-2-4-7(11)10(6)12;/h2-4,8H,5,13H2,1H3;1H/t8-;/m1./s1. The van der Waals surface area contributed by atoms with Crippen molar-refractivity contribution in [3.63, 3.8) is 0 Å². The number of rotatable bonds is 3. The second-order valence-electron chi connectivity index (χ2n) is 3.03. The Hall–Kier alpha value is -0.650. The third-order valence-electron chi connectivity index (χ3n) is 2.00. The summed E-state index contributed by atoms with van der Waals surface area (Å²) < 4.78 is 18.3. The van der Waals surface area contributed by atoms with Crippen molar-refractivity contribution in [2.24, 2.45) is 5.73 Å². The van der Waals surface area contributed by atoms with Gasteiger partial charge in [0.2, 0.25) is 0 Å². The second-order valence-corrected chi connectivity index (χ2v) is 3.88. The van der Waals surface area contributed by atoms with Crippen LogP contribution in [-0.4, -0.2) is 13.1 Å². The molecule has 2 N–H and O–H groups in total. The Kier molecular flexibility index (Phi) is 6.55. The maximum atomic E-state index is 13.5. The number of ether oxygens (including phenoxy) is 1. The number of carbonyl (C=O) groups is 1. The van der Waals surface area contributed by atoms with Gasteiger partial charge in [-0.05, 0) is 22.0 Å². The lowest BCUT2D eigenvalue weighted by Gasteiger charge is -2.12. The lowest BCUT2D eigenvalue weighted by atomic mass is 10.0. The summed E-state index contributed by atoms with van der Waals surface area (Å²) in [5.41, 5.74) is 5.98. The van der Waals surface area contributed by atoms with Crippen molar-refractivity contribution in [3.05, 3.63) is 34.1 Å². The van der Waals surface area contributed by atoms with Crippen LogP contribution in [0, 0.1) is 5.82 Å².